The van der Waals surface area contributed by atoms with Crippen molar-refractivity contribution in [3.05, 3.63) is 62.9 Å². The third-order valence-electron chi connectivity index (χ3n) is 3.99. The molecule has 0 bridgehead atoms. The number of ether oxygens (including phenoxy) is 1. The summed E-state index contributed by atoms with van der Waals surface area (Å²) in [6, 6.07) is 4.10. The molecular weight excluding hydrogens is 374 g/mol. The van der Waals surface area contributed by atoms with Gasteiger partial charge in [-0.05, 0) is 25.1 Å². The van der Waals surface area contributed by atoms with Crippen molar-refractivity contribution < 1.29 is 18.3 Å². The molecule has 0 aliphatic heterocycles. The summed E-state index contributed by atoms with van der Waals surface area (Å²) in [4.78, 5) is 41.6. The third kappa shape index (κ3) is 3.48. The largest absolute Gasteiger partial charge is 0.493 e. The number of anilines is 1. The number of benzene rings is 1. The number of aromatic nitrogens is 3. The number of pyridine rings is 1. The molecular formula is C18H16F2N4O4. The molecule has 2 heterocycles. The number of nitrogens with one attached hydrogen (secondary N) is 1. The lowest BCUT2D eigenvalue weighted by Gasteiger charge is -2.13. The number of aryl methyl sites for hydroxylation is 1. The first-order valence-electron chi connectivity index (χ1n) is 8.29. The molecule has 0 atom stereocenters. The van der Waals surface area contributed by atoms with Gasteiger partial charge in [0, 0.05) is 19.3 Å². The van der Waals surface area contributed by atoms with Crippen LogP contribution in [-0.4, -0.2) is 26.6 Å². The van der Waals surface area contributed by atoms with Crippen LogP contribution in [-0.2, 0) is 18.4 Å². The zero-order valence-corrected chi connectivity index (χ0v) is 15.0. The minimum atomic E-state index is -0.977. The van der Waals surface area contributed by atoms with Gasteiger partial charge in [0.05, 0.1) is 12.3 Å². The summed E-state index contributed by atoms with van der Waals surface area (Å²) in [7, 11) is 1.40. The maximum Gasteiger partial charge on any atom is 0.332 e. The maximum absolute atomic E-state index is 13.7. The highest BCUT2D eigenvalue weighted by atomic mass is 19.1. The first-order valence-corrected chi connectivity index (χ1v) is 8.29. The van der Waals surface area contributed by atoms with Gasteiger partial charge in [0.1, 0.15) is 29.3 Å². The van der Waals surface area contributed by atoms with Crippen molar-refractivity contribution >= 4 is 22.6 Å². The summed E-state index contributed by atoms with van der Waals surface area (Å²) in [6.45, 7) is 1.35. The highest BCUT2D eigenvalue weighted by molar-refractivity contribution is 5.91. The molecule has 0 fully saturated rings. The van der Waals surface area contributed by atoms with Gasteiger partial charge in [-0.15, -0.1) is 0 Å². The topological polar surface area (TPSA) is 95.2 Å². The Labute approximate surface area is 157 Å². The van der Waals surface area contributed by atoms with Crippen molar-refractivity contribution in [2.45, 2.75) is 13.5 Å². The average Bonchev–Trinajstić information content (AvgIpc) is 2.66. The molecule has 28 heavy (non-hydrogen) atoms. The molecule has 3 aromatic rings. The molecule has 3 rings (SSSR count). The molecule has 0 radical (unpaired) electrons. The Morgan fingerprint density at radius 2 is 2.00 bits per heavy atom. The summed E-state index contributed by atoms with van der Waals surface area (Å²) in [6.07, 6.45) is 1.40. The van der Waals surface area contributed by atoms with Crippen molar-refractivity contribution in [1.82, 2.24) is 14.1 Å². The smallest absolute Gasteiger partial charge is 0.332 e. The third-order valence-corrected chi connectivity index (χ3v) is 3.99. The second-order valence-corrected chi connectivity index (χ2v) is 5.85. The number of nitrogens with zero attached hydrogens (tertiary/aromatic N) is 3. The SMILES string of the molecule is CCOc1ccnc2c1c(=O)n(CC(=O)Nc1ccc(F)cc1F)c(=O)n2C. The Morgan fingerprint density at radius 3 is 2.68 bits per heavy atom. The van der Waals surface area contributed by atoms with Crippen LogP contribution in [0.5, 0.6) is 5.75 Å². The molecule has 0 aliphatic carbocycles. The molecule has 146 valence electrons. The van der Waals surface area contributed by atoms with Gasteiger partial charge in [-0.1, -0.05) is 0 Å². The van der Waals surface area contributed by atoms with Gasteiger partial charge in [0.2, 0.25) is 5.91 Å². The van der Waals surface area contributed by atoms with Gasteiger partial charge >= 0.3 is 5.69 Å². The Bertz CT molecular complexity index is 1190. The zero-order valence-electron chi connectivity index (χ0n) is 15.0. The molecule has 0 unspecified atom stereocenters. The highest BCUT2D eigenvalue weighted by Gasteiger charge is 2.18. The van der Waals surface area contributed by atoms with E-state index in [-0.39, 0.29) is 29.1 Å². The average molecular weight is 390 g/mol. The quantitative estimate of drug-likeness (QED) is 0.711. The van der Waals surface area contributed by atoms with E-state index >= 15 is 0 Å². The first kappa shape index (κ1) is 19.2. The van der Waals surface area contributed by atoms with Crippen molar-refractivity contribution in [3.8, 4) is 5.75 Å². The minimum Gasteiger partial charge on any atom is -0.493 e. The van der Waals surface area contributed by atoms with Crippen LogP contribution < -0.4 is 21.3 Å². The van der Waals surface area contributed by atoms with Crippen LogP contribution in [0.2, 0.25) is 0 Å². The summed E-state index contributed by atoms with van der Waals surface area (Å²) in [5.74, 6) is -2.38. The highest BCUT2D eigenvalue weighted by Crippen LogP contribution is 2.19. The second-order valence-electron chi connectivity index (χ2n) is 5.85. The summed E-state index contributed by atoms with van der Waals surface area (Å²) >= 11 is 0. The fourth-order valence-electron chi connectivity index (χ4n) is 2.72. The molecule has 1 amide bonds. The van der Waals surface area contributed by atoms with E-state index in [0.29, 0.717) is 10.6 Å². The molecule has 0 aliphatic rings. The van der Waals surface area contributed by atoms with Crippen molar-refractivity contribution in [2.75, 3.05) is 11.9 Å². The lowest BCUT2D eigenvalue weighted by atomic mass is 10.3. The van der Waals surface area contributed by atoms with Crippen LogP contribution in [0.4, 0.5) is 14.5 Å². The standard InChI is InChI=1S/C18H16F2N4O4/c1-3-28-13-6-7-21-16-15(13)17(26)24(18(27)23(16)2)9-14(25)22-12-5-4-10(19)8-11(12)20/h4-8H,3,9H2,1-2H3,(H,22,25). The van der Waals surface area contributed by atoms with E-state index < -0.39 is 35.3 Å². The Balaban J connectivity index is 2.03. The molecule has 1 aromatic carbocycles. The fraction of sp³-hybridized carbons (Fsp3) is 0.222. The van der Waals surface area contributed by atoms with E-state index in [1.165, 1.54) is 19.3 Å². The van der Waals surface area contributed by atoms with Gasteiger partial charge in [-0.3, -0.25) is 14.2 Å². The fourth-order valence-corrected chi connectivity index (χ4v) is 2.72. The lowest BCUT2D eigenvalue weighted by Crippen LogP contribution is -2.42. The summed E-state index contributed by atoms with van der Waals surface area (Å²) < 4.78 is 33.9. The van der Waals surface area contributed by atoms with Crippen LogP contribution in [0.15, 0.2) is 40.1 Å². The Morgan fingerprint density at radius 1 is 1.25 bits per heavy atom. The van der Waals surface area contributed by atoms with E-state index in [2.05, 4.69) is 10.3 Å². The number of carbonyl (C=O) groups excluding carboxylic acids is 1. The molecule has 2 aromatic heterocycles. The predicted molar refractivity (Wildman–Crippen MR) is 97.4 cm³/mol. The van der Waals surface area contributed by atoms with Gasteiger partial charge in [-0.2, -0.15) is 0 Å². The van der Waals surface area contributed by atoms with Gasteiger partial charge in [0.25, 0.3) is 5.56 Å². The Kier molecular flexibility index (Phi) is 5.21. The van der Waals surface area contributed by atoms with Crippen LogP contribution in [0.25, 0.3) is 11.0 Å². The van der Waals surface area contributed by atoms with Crippen molar-refractivity contribution in [3.63, 3.8) is 0 Å². The van der Waals surface area contributed by atoms with Crippen LogP contribution in [0.3, 0.4) is 0 Å². The number of halogens is 2. The summed E-state index contributed by atoms with van der Waals surface area (Å²) in [5, 5.41) is 2.26. The number of rotatable bonds is 5. The normalized spacial score (nSPS) is 10.9. The van der Waals surface area contributed by atoms with E-state index in [9.17, 15) is 23.2 Å². The van der Waals surface area contributed by atoms with E-state index in [4.69, 9.17) is 4.74 Å². The first-order chi connectivity index (χ1) is 13.3. The molecule has 0 spiro atoms. The minimum absolute atomic E-state index is 0.0483. The van der Waals surface area contributed by atoms with E-state index in [0.717, 1.165) is 16.7 Å². The Hall–Kier alpha value is -3.56. The van der Waals surface area contributed by atoms with Crippen LogP contribution in [0, 0.1) is 11.6 Å². The molecule has 1 N–H and O–H groups in total. The molecule has 0 saturated heterocycles. The molecule has 0 saturated carbocycles. The number of hydrogen-bond donors (Lipinski definition) is 1. The van der Waals surface area contributed by atoms with Gasteiger partial charge in [0.15, 0.2) is 5.65 Å². The second kappa shape index (κ2) is 7.59. The maximum atomic E-state index is 13.7. The lowest BCUT2D eigenvalue weighted by molar-refractivity contribution is -0.116. The molecule has 8 nitrogen and oxygen atoms in total. The van der Waals surface area contributed by atoms with Crippen LogP contribution >= 0.6 is 0 Å². The number of hydrogen-bond acceptors (Lipinski definition) is 5. The van der Waals surface area contributed by atoms with Gasteiger partial charge < -0.3 is 10.1 Å². The zero-order chi connectivity index (χ0) is 20.4. The van der Waals surface area contributed by atoms with Crippen LogP contribution in [0.1, 0.15) is 6.92 Å². The number of amides is 1. The molecule has 10 heteroatoms. The predicted octanol–water partition coefficient (Wildman–Crippen LogP) is 1.41. The van der Waals surface area contributed by atoms with E-state index in [1.54, 1.807) is 6.92 Å². The van der Waals surface area contributed by atoms with Crippen molar-refractivity contribution in [2.24, 2.45) is 7.05 Å². The van der Waals surface area contributed by atoms with Crippen molar-refractivity contribution in [1.29, 1.82) is 0 Å². The number of carbonyl (C=O) groups is 1. The van der Waals surface area contributed by atoms with E-state index in [1.807, 2.05) is 0 Å². The number of fused-ring (bicyclic) bond motifs is 1. The monoisotopic (exact) mass is 390 g/mol. The van der Waals surface area contributed by atoms with Gasteiger partial charge in [-0.25, -0.2) is 23.1 Å². The summed E-state index contributed by atoms with van der Waals surface area (Å²) in [5.41, 5.74) is -1.69.